The quantitative estimate of drug-likeness (QED) is 0.0464. The Hall–Kier alpha value is -1.89. The fourth-order valence-electron chi connectivity index (χ4n) is 2.28. The number of allylic oxidation sites excluding steroid dienone is 2. The topological polar surface area (TPSA) is 110 Å². The van der Waals surface area contributed by atoms with Gasteiger partial charge in [0.2, 0.25) is 15.7 Å². The van der Waals surface area contributed by atoms with E-state index >= 15 is 0 Å². The predicted molar refractivity (Wildman–Crippen MR) is 135 cm³/mol. The second-order valence-corrected chi connectivity index (χ2v) is 17.2. The van der Waals surface area contributed by atoms with Gasteiger partial charge >= 0.3 is 5.97 Å². The van der Waals surface area contributed by atoms with Gasteiger partial charge in [0.1, 0.15) is 13.3 Å². The second-order valence-electron chi connectivity index (χ2n) is 9.67. The Morgan fingerprint density at radius 1 is 1.27 bits per heavy atom. The van der Waals surface area contributed by atoms with E-state index in [0.29, 0.717) is 12.2 Å². The molecular weight excluding hydrogens is 464 g/mol. The summed E-state index contributed by atoms with van der Waals surface area (Å²) in [5.74, 6) is -0.215. The first-order chi connectivity index (χ1) is 14.9. The fourth-order valence-corrected chi connectivity index (χ4v) is 3.86. The maximum atomic E-state index is 12.5. The van der Waals surface area contributed by atoms with Crippen molar-refractivity contribution in [2.75, 3.05) is 47.4 Å². The minimum Gasteiger partial charge on any atom is -0.477 e. The zero-order chi connectivity index (χ0) is 26.0. The van der Waals surface area contributed by atoms with Crippen molar-refractivity contribution >= 4 is 29.0 Å². The lowest BCUT2D eigenvalue weighted by Gasteiger charge is -2.28. The van der Waals surface area contributed by atoms with Crippen molar-refractivity contribution in [3.8, 4) is 0 Å². The van der Waals surface area contributed by atoms with E-state index in [2.05, 4.69) is 36.7 Å². The highest BCUT2D eigenvalue weighted by Gasteiger charge is 2.31. The molecule has 0 atom stereocenters. The molecule has 1 N–H and O–H groups in total. The number of hydrogen-bond acceptors (Lipinski definition) is 9. The second kappa shape index (κ2) is 13.1. The molecule has 0 aliphatic heterocycles. The summed E-state index contributed by atoms with van der Waals surface area (Å²) >= 11 is 0. The zero-order valence-electron chi connectivity index (χ0n) is 21.8. The smallest absolute Gasteiger partial charge is 0.314 e. The number of sulfone groups is 1. The number of carbonyl (C=O) groups is 1. The third-order valence-electron chi connectivity index (χ3n) is 4.29. The van der Waals surface area contributed by atoms with Gasteiger partial charge in [-0.1, -0.05) is 31.8 Å². The number of hydrazine groups is 1. The highest BCUT2D eigenvalue weighted by atomic mass is 32.2. The third-order valence-corrected chi connectivity index (χ3v) is 6.96. The Bertz CT molecular complexity index is 834. The Morgan fingerprint density at radius 3 is 2.27 bits per heavy atom. The van der Waals surface area contributed by atoms with Gasteiger partial charge < -0.3 is 14.2 Å². The monoisotopic (exact) mass is 506 g/mol. The predicted octanol–water partition coefficient (Wildman–Crippen LogP) is 2.62. The van der Waals surface area contributed by atoms with Crippen LogP contribution in [0.1, 0.15) is 20.8 Å². The van der Waals surface area contributed by atoms with Crippen LogP contribution in [0.4, 0.5) is 0 Å². The molecule has 0 rings (SSSR count). The molecule has 33 heavy (non-hydrogen) atoms. The van der Waals surface area contributed by atoms with Crippen molar-refractivity contribution in [1.29, 1.82) is 0 Å². The minimum atomic E-state index is -3.74. The van der Waals surface area contributed by atoms with Gasteiger partial charge in [-0.05, 0) is 26.8 Å². The van der Waals surface area contributed by atoms with E-state index in [1.807, 2.05) is 0 Å². The number of rotatable bonds is 13. The highest BCUT2D eigenvalue weighted by molar-refractivity contribution is 8.05. The lowest BCUT2D eigenvalue weighted by Crippen LogP contribution is -2.46. The van der Waals surface area contributed by atoms with Crippen molar-refractivity contribution < 1.29 is 27.4 Å². The van der Waals surface area contributed by atoms with Crippen LogP contribution in [0.2, 0.25) is 25.7 Å². The molecule has 192 valence electrons. The molecule has 0 unspecified atom stereocenters. The number of hydrazone groups is 1. The molecule has 0 spiro atoms. The molecule has 0 radical (unpaired) electrons. The van der Waals surface area contributed by atoms with Crippen LogP contribution >= 0.6 is 0 Å². The molecule has 0 heterocycles. The summed E-state index contributed by atoms with van der Waals surface area (Å²) in [5, 5.41) is 6.62. The number of esters is 1. The van der Waals surface area contributed by atoms with Crippen molar-refractivity contribution in [1.82, 2.24) is 15.4 Å². The van der Waals surface area contributed by atoms with E-state index in [1.165, 1.54) is 17.1 Å². The van der Waals surface area contributed by atoms with Gasteiger partial charge in [0, 0.05) is 41.1 Å². The third kappa shape index (κ3) is 12.2. The molecular formula is C21H42N4O6SSi. The van der Waals surface area contributed by atoms with Crippen LogP contribution in [-0.2, 0) is 28.8 Å². The average Bonchev–Trinajstić information content (AvgIpc) is 2.67. The molecule has 0 fully saturated rings. The maximum Gasteiger partial charge on any atom is 0.314 e. The van der Waals surface area contributed by atoms with Gasteiger partial charge in [-0.25, -0.2) is 18.9 Å². The fraction of sp³-hybridized carbons (Fsp3) is 0.714. The van der Waals surface area contributed by atoms with Gasteiger partial charge in [0.05, 0.1) is 12.5 Å². The Morgan fingerprint density at radius 2 is 1.85 bits per heavy atom. The molecule has 0 aromatic heterocycles. The van der Waals surface area contributed by atoms with Gasteiger partial charge in [0.15, 0.2) is 0 Å². The van der Waals surface area contributed by atoms with E-state index in [4.69, 9.17) is 14.2 Å². The van der Waals surface area contributed by atoms with Crippen molar-refractivity contribution in [3.63, 3.8) is 0 Å². The van der Waals surface area contributed by atoms with Gasteiger partial charge in [0.25, 0.3) is 5.17 Å². The van der Waals surface area contributed by atoms with E-state index < -0.39 is 29.3 Å². The lowest BCUT2D eigenvalue weighted by atomic mass is 9.95. The summed E-state index contributed by atoms with van der Waals surface area (Å²) in [7, 11) is -0.580. The first kappa shape index (κ1) is 31.1. The van der Waals surface area contributed by atoms with Gasteiger partial charge in [-0.2, -0.15) is 0 Å². The van der Waals surface area contributed by atoms with E-state index in [0.717, 1.165) is 12.3 Å². The van der Waals surface area contributed by atoms with E-state index in [1.54, 1.807) is 40.9 Å². The van der Waals surface area contributed by atoms with Crippen LogP contribution in [0.3, 0.4) is 0 Å². The molecule has 0 aromatic rings. The number of carbonyl (C=O) groups excluding carboxylic acids is 1. The van der Waals surface area contributed by atoms with Crippen molar-refractivity contribution in [3.05, 3.63) is 24.1 Å². The summed E-state index contributed by atoms with van der Waals surface area (Å²) in [4.78, 5) is 12.0. The van der Waals surface area contributed by atoms with Crippen LogP contribution < -0.4 is 5.43 Å². The number of nitrogens with one attached hydrogen (secondary N) is 1. The Balaban J connectivity index is 5.79. The molecule has 10 nitrogen and oxygen atoms in total. The average molecular weight is 507 g/mol. The molecule has 0 bridgehead atoms. The molecule has 12 heteroatoms. The number of nitrogens with zero attached hydrogens (tertiary/aromatic N) is 3. The number of hydrogen-bond donors (Lipinski definition) is 1. The molecule has 0 amide bonds. The number of ether oxygens (including phenoxy) is 3. The molecule has 0 aromatic carbocycles. The normalized spacial score (nSPS) is 13.5. The molecule has 0 aliphatic carbocycles. The first-order valence-electron chi connectivity index (χ1n) is 10.6. The highest BCUT2D eigenvalue weighted by Crippen LogP contribution is 2.21. The Labute approximate surface area is 200 Å². The summed E-state index contributed by atoms with van der Waals surface area (Å²) < 4.78 is 41.4. The molecule has 0 saturated carbocycles. The van der Waals surface area contributed by atoms with Crippen LogP contribution in [0, 0.1) is 5.41 Å². The first-order valence-corrected chi connectivity index (χ1v) is 16.2. The summed E-state index contributed by atoms with van der Waals surface area (Å²) in [6.07, 6.45) is 2.67. The maximum absolute atomic E-state index is 12.5. The van der Waals surface area contributed by atoms with E-state index in [-0.39, 0.29) is 24.4 Å². The van der Waals surface area contributed by atoms with Crippen LogP contribution in [-0.4, -0.2) is 85.1 Å². The summed E-state index contributed by atoms with van der Waals surface area (Å²) in [6, 6.07) is 0.950. The van der Waals surface area contributed by atoms with E-state index in [9.17, 15) is 13.2 Å². The summed E-state index contributed by atoms with van der Waals surface area (Å²) in [5.41, 5.74) is 2.55. The molecule has 0 saturated heterocycles. The Kier molecular flexibility index (Phi) is 12.4. The standard InChI is InChI=1S/C21H42N4O6SSi/c1-17(2)14-18(31-15-21(3,4)19(26)29-7)24(6)23-20(32(8,27)28)25(22-5)16-30-12-13-33(9,10)11/h14,22H,1,12-13,15-16H2,2-11H3/b18-14+,23-20+. The number of methoxy groups -OCH3 is 1. The SMILES string of the molecule is C=C(C)/C=C(/OCC(C)(C)C(=O)OC)N(C)/N=C(\N(COCC[Si](C)(C)C)NC)S(C)(=O)=O. The zero-order valence-corrected chi connectivity index (χ0v) is 23.6. The van der Waals surface area contributed by atoms with Crippen LogP contribution in [0.15, 0.2) is 29.2 Å². The largest absolute Gasteiger partial charge is 0.477 e. The van der Waals surface area contributed by atoms with Gasteiger partial charge in [-0.15, -0.1) is 5.10 Å². The van der Waals surface area contributed by atoms with Crippen LogP contribution in [0.5, 0.6) is 0 Å². The number of amidine groups is 1. The van der Waals surface area contributed by atoms with Crippen molar-refractivity contribution in [2.45, 2.75) is 46.5 Å². The minimum absolute atomic E-state index is 0.00349. The summed E-state index contributed by atoms with van der Waals surface area (Å²) in [6.45, 7) is 16.2. The van der Waals surface area contributed by atoms with Crippen LogP contribution in [0.25, 0.3) is 0 Å². The van der Waals surface area contributed by atoms with Gasteiger partial charge in [-0.3, -0.25) is 9.80 Å². The van der Waals surface area contributed by atoms with Crippen molar-refractivity contribution in [2.24, 2.45) is 10.5 Å². The lowest BCUT2D eigenvalue weighted by molar-refractivity contribution is -0.153. The molecule has 0 aliphatic rings.